The maximum absolute atomic E-state index is 13.5. The van der Waals surface area contributed by atoms with Crippen LogP contribution in [0.25, 0.3) is 5.57 Å². The summed E-state index contributed by atoms with van der Waals surface area (Å²) < 4.78 is 99.2. The molecule has 0 aromatic heterocycles. The normalized spacial score (nSPS) is 16.8. The summed E-state index contributed by atoms with van der Waals surface area (Å²) in [5, 5.41) is 0. The molecule has 1 atom stereocenters. The Hall–Kier alpha value is -2.95. The van der Waals surface area contributed by atoms with Crippen LogP contribution in [0.2, 0.25) is 0 Å². The molecule has 166 valence electrons. The van der Waals surface area contributed by atoms with Crippen LogP contribution >= 0.6 is 0 Å². The number of alkyl halides is 3. The van der Waals surface area contributed by atoms with Crippen LogP contribution in [0.3, 0.4) is 0 Å². The molecule has 2 aromatic rings. The van der Waals surface area contributed by atoms with Crippen LogP contribution in [0, 0.1) is 18.6 Å². The van der Waals surface area contributed by atoms with Crippen molar-refractivity contribution in [2.45, 2.75) is 30.5 Å². The summed E-state index contributed by atoms with van der Waals surface area (Å²) in [7, 11) is -3.87. The smallest absolute Gasteiger partial charge is 0.392 e. The SMILES string of the molecule is Cc1cc(C2=CC(CC(F)(F)F)OC2=O)cc(Oc2ccc(F)c(F)c2)c1S(C)(=O)=O. The van der Waals surface area contributed by atoms with Gasteiger partial charge in [0.1, 0.15) is 22.5 Å². The molecule has 0 saturated carbocycles. The first-order valence-electron chi connectivity index (χ1n) is 8.72. The number of sulfone groups is 1. The number of esters is 1. The van der Waals surface area contributed by atoms with Crippen molar-refractivity contribution < 1.29 is 44.6 Å². The van der Waals surface area contributed by atoms with Gasteiger partial charge in [-0.2, -0.15) is 13.2 Å². The number of ether oxygens (including phenoxy) is 2. The number of rotatable bonds is 5. The van der Waals surface area contributed by atoms with Gasteiger partial charge in [0.05, 0.1) is 12.0 Å². The highest BCUT2D eigenvalue weighted by Crippen LogP contribution is 2.38. The minimum atomic E-state index is -4.56. The maximum Gasteiger partial charge on any atom is 0.392 e. The highest BCUT2D eigenvalue weighted by molar-refractivity contribution is 7.90. The molecule has 0 saturated heterocycles. The molecule has 0 fully saturated rings. The Morgan fingerprint density at radius 2 is 1.77 bits per heavy atom. The summed E-state index contributed by atoms with van der Waals surface area (Å²) in [6.07, 6.45) is -5.57. The van der Waals surface area contributed by atoms with E-state index >= 15 is 0 Å². The van der Waals surface area contributed by atoms with Crippen molar-refractivity contribution in [2.24, 2.45) is 0 Å². The minimum absolute atomic E-state index is 0.0529. The van der Waals surface area contributed by atoms with E-state index in [-0.39, 0.29) is 33.1 Å². The van der Waals surface area contributed by atoms with Crippen molar-refractivity contribution in [3.63, 3.8) is 0 Å². The molecule has 1 unspecified atom stereocenters. The Kier molecular flexibility index (Phi) is 5.83. The maximum atomic E-state index is 13.5. The molecule has 2 aromatic carbocycles. The van der Waals surface area contributed by atoms with Gasteiger partial charge < -0.3 is 9.47 Å². The van der Waals surface area contributed by atoms with Gasteiger partial charge in [-0.3, -0.25) is 0 Å². The average Bonchev–Trinajstić information content (AvgIpc) is 2.94. The summed E-state index contributed by atoms with van der Waals surface area (Å²) in [6, 6.07) is 4.95. The van der Waals surface area contributed by atoms with Crippen molar-refractivity contribution in [1.82, 2.24) is 0 Å². The molecular formula is C20H15F5O5S. The Morgan fingerprint density at radius 1 is 1.10 bits per heavy atom. The number of hydrogen-bond donors (Lipinski definition) is 0. The lowest BCUT2D eigenvalue weighted by Gasteiger charge is -2.15. The van der Waals surface area contributed by atoms with Crippen molar-refractivity contribution in [3.05, 3.63) is 59.2 Å². The third-order valence-electron chi connectivity index (χ3n) is 4.30. The van der Waals surface area contributed by atoms with Crippen LogP contribution in [0.1, 0.15) is 17.5 Å². The summed E-state index contributed by atoms with van der Waals surface area (Å²) in [5.41, 5.74) is -0.0183. The van der Waals surface area contributed by atoms with Gasteiger partial charge in [0.2, 0.25) is 0 Å². The largest absolute Gasteiger partial charge is 0.456 e. The van der Waals surface area contributed by atoms with Gasteiger partial charge in [-0.05, 0) is 48.4 Å². The molecule has 0 amide bonds. The number of cyclic esters (lactones) is 1. The predicted molar refractivity (Wildman–Crippen MR) is 99.2 cm³/mol. The second-order valence-electron chi connectivity index (χ2n) is 6.91. The van der Waals surface area contributed by atoms with Gasteiger partial charge in [-0.15, -0.1) is 0 Å². The lowest BCUT2D eigenvalue weighted by atomic mass is 10.0. The molecule has 0 aliphatic carbocycles. The second-order valence-corrected chi connectivity index (χ2v) is 8.87. The summed E-state index contributed by atoms with van der Waals surface area (Å²) >= 11 is 0. The van der Waals surface area contributed by atoms with E-state index in [9.17, 15) is 35.2 Å². The van der Waals surface area contributed by atoms with Gasteiger partial charge in [0, 0.05) is 12.3 Å². The number of carbonyl (C=O) groups is 1. The molecule has 31 heavy (non-hydrogen) atoms. The topological polar surface area (TPSA) is 69.7 Å². The van der Waals surface area contributed by atoms with E-state index in [0.717, 1.165) is 30.5 Å². The Labute approximate surface area is 174 Å². The highest BCUT2D eigenvalue weighted by Gasteiger charge is 2.37. The van der Waals surface area contributed by atoms with E-state index in [0.29, 0.717) is 6.07 Å². The lowest BCUT2D eigenvalue weighted by molar-refractivity contribution is -0.160. The Balaban J connectivity index is 2.08. The Morgan fingerprint density at radius 3 is 2.35 bits per heavy atom. The molecular weight excluding hydrogens is 447 g/mol. The second kappa shape index (κ2) is 7.95. The van der Waals surface area contributed by atoms with E-state index in [2.05, 4.69) is 0 Å². The summed E-state index contributed by atoms with van der Waals surface area (Å²) in [5.74, 6) is -3.92. The predicted octanol–water partition coefficient (Wildman–Crippen LogP) is 4.73. The third-order valence-corrected chi connectivity index (χ3v) is 5.57. The first kappa shape index (κ1) is 22.7. The van der Waals surface area contributed by atoms with Crippen molar-refractivity contribution >= 4 is 21.4 Å². The van der Waals surface area contributed by atoms with Crippen LogP contribution in [-0.4, -0.2) is 32.9 Å². The van der Waals surface area contributed by atoms with Crippen molar-refractivity contribution in [1.29, 1.82) is 0 Å². The number of aryl methyl sites for hydroxylation is 1. The molecule has 5 nitrogen and oxygen atoms in total. The minimum Gasteiger partial charge on any atom is -0.456 e. The number of benzene rings is 2. The first-order chi connectivity index (χ1) is 14.2. The van der Waals surface area contributed by atoms with Gasteiger partial charge in [-0.1, -0.05) is 0 Å². The lowest BCUT2D eigenvalue weighted by Crippen LogP contribution is -2.19. The first-order valence-corrected chi connectivity index (χ1v) is 10.6. The zero-order valence-electron chi connectivity index (χ0n) is 16.1. The van der Waals surface area contributed by atoms with Crippen molar-refractivity contribution in [3.8, 4) is 11.5 Å². The zero-order valence-corrected chi connectivity index (χ0v) is 16.9. The van der Waals surface area contributed by atoms with E-state index in [4.69, 9.17) is 9.47 Å². The molecule has 11 heteroatoms. The fraction of sp³-hybridized carbons (Fsp3) is 0.250. The molecule has 3 rings (SSSR count). The van der Waals surface area contributed by atoms with Crippen LogP contribution in [-0.2, 0) is 19.4 Å². The fourth-order valence-corrected chi connectivity index (χ4v) is 4.26. The van der Waals surface area contributed by atoms with Crippen LogP contribution in [0.15, 0.2) is 41.3 Å². The average molecular weight is 462 g/mol. The van der Waals surface area contributed by atoms with Crippen LogP contribution in [0.4, 0.5) is 22.0 Å². The quantitative estimate of drug-likeness (QED) is 0.475. The number of halogens is 5. The molecule has 1 aliphatic rings. The van der Waals surface area contributed by atoms with E-state index in [1.807, 2.05) is 0 Å². The zero-order chi connectivity index (χ0) is 23.1. The molecule has 0 spiro atoms. The number of carbonyl (C=O) groups excluding carboxylic acids is 1. The summed E-state index contributed by atoms with van der Waals surface area (Å²) in [6.45, 7) is 1.39. The monoisotopic (exact) mass is 462 g/mol. The molecule has 1 aliphatic heterocycles. The van der Waals surface area contributed by atoms with Crippen LogP contribution < -0.4 is 4.74 Å². The van der Waals surface area contributed by atoms with Gasteiger partial charge in [0.15, 0.2) is 21.5 Å². The van der Waals surface area contributed by atoms with E-state index in [1.54, 1.807) is 0 Å². The Bertz CT molecular complexity index is 1190. The third kappa shape index (κ3) is 5.22. The molecule has 0 N–H and O–H groups in total. The molecule has 0 radical (unpaired) electrons. The summed E-state index contributed by atoms with van der Waals surface area (Å²) in [4.78, 5) is 11.8. The van der Waals surface area contributed by atoms with Gasteiger partial charge in [-0.25, -0.2) is 22.0 Å². The highest BCUT2D eigenvalue weighted by atomic mass is 32.2. The van der Waals surface area contributed by atoms with Gasteiger partial charge >= 0.3 is 12.1 Å². The number of hydrogen-bond acceptors (Lipinski definition) is 5. The van der Waals surface area contributed by atoms with E-state index < -0.39 is 46.1 Å². The van der Waals surface area contributed by atoms with Gasteiger partial charge in [0.25, 0.3) is 0 Å². The molecule has 1 heterocycles. The van der Waals surface area contributed by atoms with E-state index in [1.165, 1.54) is 13.0 Å². The fourth-order valence-electron chi connectivity index (χ4n) is 3.15. The van der Waals surface area contributed by atoms with Crippen molar-refractivity contribution in [2.75, 3.05) is 6.26 Å². The molecule has 0 bridgehead atoms. The van der Waals surface area contributed by atoms with Crippen LogP contribution in [0.5, 0.6) is 11.5 Å². The standard InChI is InChI=1S/C20H15F5O5S/c1-10-5-11(14-7-13(30-19(14)26)9-20(23,24)25)6-17(18(10)31(2,27)28)29-12-3-4-15(21)16(22)8-12/h3-8,13H,9H2,1-2H3.